The van der Waals surface area contributed by atoms with E-state index in [0.29, 0.717) is 17.4 Å². The van der Waals surface area contributed by atoms with Crippen LogP contribution >= 0.6 is 0 Å². The molecule has 1 aromatic rings. The Hall–Kier alpha value is -1.29. The fraction of sp³-hybridized carbons (Fsp3) is 0.643. The maximum Gasteiger partial charge on any atom is 0.257 e. The lowest BCUT2D eigenvalue weighted by Gasteiger charge is -2.28. The molecule has 2 heterocycles. The fourth-order valence-electron chi connectivity index (χ4n) is 2.54. The number of carbonyl (C=O) groups excluding carboxylic acids is 1. The molecule has 0 saturated carbocycles. The van der Waals surface area contributed by atoms with Crippen LogP contribution in [0.15, 0.2) is 10.5 Å². The van der Waals surface area contributed by atoms with Crippen LogP contribution < -0.4 is 5.32 Å². The number of furan rings is 1. The summed E-state index contributed by atoms with van der Waals surface area (Å²) in [6.45, 7) is 5.54. The van der Waals surface area contributed by atoms with Crippen molar-refractivity contribution in [2.75, 3.05) is 20.1 Å². The molecule has 2 rings (SSSR count). The van der Waals surface area contributed by atoms with Gasteiger partial charge in [-0.15, -0.1) is 0 Å². The van der Waals surface area contributed by atoms with Crippen LogP contribution in [-0.4, -0.2) is 37.0 Å². The number of nitrogens with zero attached hydrogens (tertiary/aromatic N) is 1. The Kier molecular flexibility index (Phi) is 4.07. The third-order valence-corrected chi connectivity index (χ3v) is 3.52. The molecule has 0 aliphatic carbocycles. The van der Waals surface area contributed by atoms with Crippen molar-refractivity contribution in [3.05, 3.63) is 23.2 Å². The van der Waals surface area contributed by atoms with Crippen molar-refractivity contribution in [3.63, 3.8) is 0 Å². The van der Waals surface area contributed by atoms with Crippen molar-refractivity contribution in [1.82, 2.24) is 10.2 Å². The number of amides is 1. The molecule has 1 aliphatic heterocycles. The van der Waals surface area contributed by atoms with Gasteiger partial charge >= 0.3 is 0 Å². The average Bonchev–Trinajstić information content (AvgIpc) is 2.68. The van der Waals surface area contributed by atoms with Crippen molar-refractivity contribution >= 4 is 5.91 Å². The summed E-state index contributed by atoms with van der Waals surface area (Å²) < 4.78 is 5.41. The summed E-state index contributed by atoms with van der Waals surface area (Å²) in [6, 6.07) is 2.25. The van der Waals surface area contributed by atoms with Gasteiger partial charge in [0.2, 0.25) is 0 Å². The Labute approximate surface area is 108 Å². The first-order valence-electron chi connectivity index (χ1n) is 6.64. The van der Waals surface area contributed by atoms with E-state index in [1.807, 2.05) is 27.0 Å². The molecule has 1 aromatic heterocycles. The zero-order valence-corrected chi connectivity index (χ0v) is 11.5. The second-order valence-corrected chi connectivity index (χ2v) is 5.16. The van der Waals surface area contributed by atoms with Crippen LogP contribution in [0.2, 0.25) is 0 Å². The monoisotopic (exact) mass is 250 g/mol. The van der Waals surface area contributed by atoms with E-state index in [1.165, 1.54) is 12.8 Å². The molecule has 1 unspecified atom stereocenters. The Morgan fingerprint density at radius 2 is 2.28 bits per heavy atom. The molecule has 100 valence electrons. The summed E-state index contributed by atoms with van der Waals surface area (Å²) in [5.41, 5.74) is 0.686. The molecule has 1 atom stereocenters. The molecule has 4 nitrogen and oxygen atoms in total. The summed E-state index contributed by atoms with van der Waals surface area (Å²) in [5, 5.41) is 3.46. The maximum atomic E-state index is 12.3. The third kappa shape index (κ3) is 2.93. The smallest absolute Gasteiger partial charge is 0.257 e. The summed E-state index contributed by atoms with van der Waals surface area (Å²) in [7, 11) is 1.86. The van der Waals surface area contributed by atoms with Crippen LogP contribution in [0.5, 0.6) is 0 Å². The highest BCUT2D eigenvalue weighted by atomic mass is 16.3. The van der Waals surface area contributed by atoms with Gasteiger partial charge in [-0.3, -0.25) is 4.79 Å². The Balaban J connectivity index is 1.97. The molecular weight excluding hydrogens is 228 g/mol. The second kappa shape index (κ2) is 5.57. The Bertz CT molecular complexity index is 419. The van der Waals surface area contributed by atoms with Crippen molar-refractivity contribution < 1.29 is 9.21 Å². The van der Waals surface area contributed by atoms with Crippen molar-refractivity contribution in [2.45, 2.75) is 39.2 Å². The number of hydrogen-bond acceptors (Lipinski definition) is 3. The number of likely N-dealkylation sites (N-methyl/N-ethyl adjacent to an activating group) is 1. The molecule has 1 aliphatic rings. The molecule has 1 fully saturated rings. The molecular formula is C14H22N2O2. The first-order chi connectivity index (χ1) is 8.58. The van der Waals surface area contributed by atoms with Crippen LogP contribution in [0.4, 0.5) is 0 Å². The highest BCUT2D eigenvalue weighted by molar-refractivity contribution is 5.95. The van der Waals surface area contributed by atoms with E-state index in [1.54, 1.807) is 4.90 Å². The molecule has 18 heavy (non-hydrogen) atoms. The van der Waals surface area contributed by atoms with Gasteiger partial charge in [-0.1, -0.05) is 6.42 Å². The minimum absolute atomic E-state index is 0.0525. The van der Waals surface area contributed by atoms with Gasteiger partial charge in [-0.25, -0.2) is 0 Å². The standard InChI is InChI=1S/C14H22N2O2/c1-10-8-13(11(2)18-10)14(17)16(3)9-12-6-4-5-7-15-12/h8,12,15H,4-7,9H2,1-3H3. The van der Waals surface area contributed by atoms with Crippen molar-refractivity contribution in [1.29, 1.82) is 0 Å². The Morgan fingerprint density at radius 3 is 2.83 bits per heavy atom. The number of nitrogens with one attached hydrogen (secondary N) is 1. The first kappa shape index (κ1) is 13.1. The number of aryl methyl sites for hydroxylation is 2. The van der Waals surface area contributed by atoms with Gasteiger partial charge in [0.15, 0.2) is 0 Å². The van der Waals surface area contributed by atoms with Crippen LogP contribution in [0, 0.1) is 13.8 Å². The predicted octanol–water partition coefficient (Wildman–Crippen LogP) is 2.11. The van der Waals surface area contributed by atoms with E-state index in [2.05, 4.69) is 5.32 Å². The van der Waals surface area contributed by atoms with Crippen molar-refractivity contribution in [2.24, 2.45) is 0 Å². The van der Waals surface area contributed by atoms with E-state index in [4.69, 9.17) is 4.42 Å². The third-order valence-electron chi connectivity index (χ3n) is 3.52. The van der Waals surface area contributed by atoms with E-state index < -0.39 is 0 Å². The first-order valence-corrected chi connectivity index (χ1v) is 6.64. The molecule has 0 bridgehead atoms. The zero-order valence-electron chi connectivity index (χ0n) is 11.5. The second-order valence-electron chi connectivity index (χ2n) is 5.16. The van der Waals surface area contributed by atoms with E-state index in [0.717, 1.165) is 25.3 Å². The lowest BCUT2D eigenvalue weighted by atomic mass is 10.0. The molecule has 0 spiro atoms. The van der Waals surface area contributed by atoms with Gasteiger partial charge in [-0.2, -0.15) is 0 Å². The van der Waals surface area contributed by atoms with Crippen molar-refractivity contribution in [3.8, 4) is 0 Å². The average molecular weight is 250 g/mol. The van der Waals surface area contributed by atoms with E-state index in [-0.39, 0.29) is 5.91 Å². The van der Waals surface area contributed by atoms with Gasteiger partial charge in [-0.05, 0) is 39.3 Å². The molecule has 1 saturated heterocycles. The summed E-state index contributed by atoms with van der Waals surface area (Å²) in [6.07, 6.45) is 3.65. The molecule has 4 heteroatoms. The molecule has 0 radical (unpaired) electrons. The molecule has 0 aromatic carbocycles. The largest absolute Gasteiger partial charge is 0.466 e. The topological polar surface area (TPSA) is 45.5 Å². The minimum atomic E-state index is 0.0525. The van der Waals surface area contributed by atoms with Crippen LogP contribution in [0.1, 0.15) is 41.1 Å². The lowest BCUT2D eigenvalue weighted by Crippen LogP contribution is -2.44. The van der Waals surface area contributed by atoms with Gasteiger partial charge in [0.1, 0.15) is 11.5 Å². The fourth-order valence-corrected chi connectivity index (χ4v) is 2.54. The van der Waals surface area contributed by atoms with E-state index in [9.17, 15) is 4.79 Å². The predicted molar refractivity (Wildman–Crippen MR) is 70.8 cm³/mol. The quantitative estimate of drug-likeness (QED) is 0.893. The number of carbonyl (C=O) groups is 1. The lowest BCUT2D eigenvalue weighted by molar-refractivity contribution is 0.0773. The SMILES string of the molecule is Cc1cc(C(=O)N(C)CC2CCCCN2)c(C)o1. The number of hydrogen-bond donors (Lipinski definition) is 1. The highest BCUT2D eigenvalue weighted by Gasteiger charge is 2.21. The molecule has 1 amide bonds. The normalized spacial score (nSPS) is 19.8. The Morgan fingerprint density at radius 1 is 1.50 bits per heavy atom. The van der Waals surface area contributed by atoms with Crippen LogP contribution in [0.25, 0.3) is 0 Å². The van der Waals surface area contributed by atoms with Gasteiger partial charge < -0.3 is 14.6 Å². The van der Waals surface area contributed by atoms with Gasteiger partial charge in [0.05, 0.1) is 5.56 Å². The van der Waals surface area contributed by atoms with Crippen LogP contribution in [-0.2, 0) is 0 Å². The highest BCUT2D eigenvalue weighted by Crippen LogP contribution is 2.16. The zero-order chi connectivity index (χ0) is 13.1. The number of rotatable bonds is 3. The van der Waals surface area contributed by atoms with Gasteiger partial charge in [0, 0.05) is 19.6 Å². The molecule has 1 N–H and O–H groups in total. The van der Waals surface area contributed by atoms with Gasteiger partial charge in [0.25, 0.3) is 5.91 Å². The summed E-state index contributed by atoms with van der Waals surface area (Å²) >= 11 is 0. The summed E-state index contributed by atoms with van der Waals surface area (Å²) in [5.74, 6) is 1.55. The maximum absolute atomic E-state index is 12.3. The number of piperidine rings is 1. The summed E-state index contributed by atoms with van der Waals surface area (Å²) in [4.78, 5) is 14.1. The van der Waals surface area contributed by atoms with Crippen LogP contribution in [0.3, 0.4) is 0 Å². The van der Waals surface area contributed by atoms with E-state index >= 15 is 0 Å². The minimum Gasteiger partial charge on any atom is -0.466 e.